The van der Waals surface area contributed by atoms with Crippen LogP contribution in [0.15, 0.2) is 34.6 Å². The van der Waals surface area contributed by atoms with E-state index in [4.69, 9.17) is 19.2 Å². The predicted molar refractivity (Wildman–Crippen MR) is 129 cm³/mol. The molecule has 178 valence electrons. The summed E-state index contributed by atoms with van der Waals surface area (Å²) in [5.74, 6) is -0.281. The van der Waals surface area contributed by atoms with Gasteiger partial charge in [0, 0.05) is 36.8 Å². The number of carbonyl (C=O) groups is 1. The zero-order valence-electron chi connectivity index (χ0n) is 19.7. The monoisotopic (exact) mass is 465 g/mol. The highest BCUT2D eigenvalue weighted by Crippen LogP contribution is 2.35. The van der Waals surface area contributed by atoms with Crippen molar-refractivity contribution in [1.29, 1.82) is 0 Å². The second kappa shape index (κ2) is 11.7. The van der Waals surface area contributed by atoms with E-state index in [-0.39, 0.29) is 17.5 Å². The number of hydrogen-bond acceptors (Lipinski definition) is 7. The maximum atomic E-state index is 13.3. The molecule has 9 heteroatoms. The van der Waals surface area contributed by atoms with E-state index in [0.717, 1.165) is 6.42 Å². The Balaban J connectivity index is 2.26. The largest absolute Gasteiger partial charge is 0.489 e. The fourth-order valence-corrected chi connectivity index (χ4v) is 4.69. The zero-order valence-corrected chi connectivity index (χ0v) is 20.5. The minimum Gasteiger partial charge on any atom is -0.489 e. The standard InChI is InChI=1S/C23H35N3O5S/c1-7-11-17(18-13-16(29-12-8-2)14-19(27)24-18)25-20(28)22(5)15-32-21(26-22)23(6,30-9-3)31-10-4/h8,13-14,17H,2,7,9-12,15H2,1,3-6H3,(H,24,27)(H,25,28)/t17-,22+/m1/s1. The molecule has 0 saturated carbocycles. The summed E-state index contributed by atoms with van der Waals surface area (Å²) < 4.78 is 17.1. The molecule has 2 atom stereocenters. The Kier molecular flexibility index (Phi) is 9.54. The van der Waals surface area contributed by atoms with Gasteiger partial charge >= 0.3 is 0 Å². The number of pyridine rings is 1. The molecule has 0 aliphatic carbocycles. The summed E-state index contributed by atoms with van der Waals surface area (Å²) in [6.07, 6.45) is 3.08. The van der Waals surface area contributed by atoms with Gasteiger partial charge in [-0.05, 0) is 34.1 Å². The van der Waals surface area contributed by atoms with Crippen molar-refractivity contribution in [1.82, 2.24) is 10.3 Å². The third-order valence-electron chi connectivity index (χ3n) is 5.02. The molecule has 0 spiro atoms. The summed E-state index contributed by atoms with van der Waals surface area (Å²) in [7, 11) is 0. The van der Waals surface area contributed by atoms with E-state index >= 15 is 0 Å². The molecule has 1 amide bonds. The van der Waals surface area contributed by atoms with Gasteiger partial charge in [0.05, 0.1) is 6.04 Å². The molecule has 2 heterocycles. The maximum absolute atomic E-state index is 13.3. The SMILES string of the molecule is C=CCOc1cc([C@@H](CCC)NC(=O)[C@]2(C)CSC(C(C)(OCC)OCC)=N2)[nH]c(=O)c1. The minimum absolute atomic E-state index is 0.216. The smallest absolute Gasteiger partial charge is 0.251 e. The van der Waals surface area contributed by atoms with Crippen molar-refractivity contribution in [3.63, 3.8) is 0 Å². The van der Waals surface area contributed by atoms with Gasteiger partial charge in [-0.2, -0.15) is 0 Å². The molecule has 0 fully saturated rings. The third-order valence-corrected chi connectivity index (χ3v) is 6.46. The summed E-state index contributed by atoms with van der Waals surface area (Å²) in [4.78, 5) is 33.0. The average Bonchev–Trinajstić information content (AvgIpc) is 3.16. The molecule has 0 radical (unpaired) electrons. The van der Waals surface area contributed by atoms with Crippen LogP contribution in [0.4, 0.5) is 0 Å². The van der Waals surface area contributed by atoms with Crippen molar-refractivity contribution in [3.8, 4) is 5.75 Å². The second-order valence-electron chi connectivity index (χ2n) is 7.84. The molecule has 0 bridgehead atoms. The lowest BCUT2D eigenvalue weighted by atomic mass is 10.0. The van der Waals surface area contributed by atoms with Gasteiger partial charge < -0.3 is 24.5 Å². The van der Waals surface area contributed by atoms with Crippen LogP contribution in [0.3, 0.4) is 0 Å². The first kappa shape index (κ1) is 26.2. The topological polar surface area (TPSA) is 102 Å². The summed E-state index contributed by atoms with van der Waals surface area (Å²) in [6, 6.07) is 2.75. The van der Waals surface area contributed by atoms with Gasteiger partial charge in [0.25, 0.3) is 5.56 Å². The molecule has 0 aromatic carbocycles. The summed E-state index contributed by atoms with van der Waals surface area (Å²) >= 11 is 1.47. The highest BCUT2D eigenvalue weighted by Gasteiger charge is 2.45. The highest BCUT2D eigenvalue weighted by molar-refractivity contribution is 8.14. The molecule has 1 aromatic heterocycles. The van der Waals surface area contributed by atoms with Crippen molar-refractivity contribution in [3.05, 3.63) is 40.8 Å². The molecular formula is C23H35N3O5S. The van der Waals surface area contributed by atoms with E-state index in [0.29, 0.717) is 48.5 Å². The van der Waals surface area contributed by atoms with Gasteiger partial charge in [0.2, 0.25) is 11.7 Å². The number of nitrogens with one attached hydrogen (secondary N) is 2. The number of rotatable bonds is 13. The number of aliphatic imine (C=N–C) groups is 1. The molecule has 32 heavy (non-hydrogen) atoms. The lowest BCUT2D eigenvalue weighted by molar-refractivity contribution is -0.169. The van der Waals surface area contributed by atoms with Gasteiger partial charge in [-0.3, -0.25) is 14.6 Å². The summed E-state index contributed by atoms with van der Waals surface area (Å²) in [5, 5.41) is 3.73. The molecule has 1 aromatic rings. The number of H-pyrrole nitrogens is 1. The molecule has 0 unspecified atom stereocenters. The van der Waals surface area contributed by atoms with E-state index < -0.39 is 11.3 Å². The molecule has 8 nitrogen and oxygen atoms in total. The Labute approximate surface area is 194 Å². The number of hydrogen-bond donors (Lipinski definition) is 2. The fourth-order valence-electron chi connectivity index (χ4n) is 3.44. The first-order chi connectivity index (χ1) is 15.2. The fraction of sp³-hybridized carbons (Fsp3) is 0.609. The number of aromatic amines is 1. The highest BCUT2D eigenvalue weighted by atomic mass is 32.2. The van der Waals surface area contributed by atoms with Crippen LogP contribution in [0.2, 0.25) is 0 Å². The van der Waals surface area contributed by atoms with E-state index in [2.05, 4.69) is 16.9 Å². The van der Waals surface area contributed by atoms with Gasteiger partial charge in [-0.15, -0.1) is 11.8 Å². The first-order valence-corrected chi connectivity index (χ1v) is 12.0. The lowest BCUT2D eigenvalue weighted by Gasteiger charge is -2.29. The number of amides is 1. The van der Waals surface area contributed by atoms with Crippen LogP contribution in [-0.4, -0.2) is 52.8 Å². The van der Waals surface area contributed by atoms with Crippen molar-refractivity contribution in [2.24, 2.45) is 4.99 Å². The molecule has 1 aliphatic rings. The molecule has 1 aliphatic heterocycles. The second-order valence-corrected chi connectivity index (χ2v) is 8.81. The number of nitrogens with zero attached hydrogens (tertiary/aromatic N) is 1. The zero-order chi connectivity index (χ0) is 23.8. The molecule has 0 saturated heterocycles. The van der Waals surface area contributed by atoms with Crippen LogP contribution in [0.1, 0.15) is 59.2 Å². The number of ether oxygens (including phenoxy) is 3. The summed E-state index contributed by atoms with van der Waals surface area (Å²) in [6.45, 7) is 14.3. The number of thioether (sulfide) groups is 1. The van der Waals surface area contributed by atoms with Crippen LogP contribution >= 0.6 is 11.8 Å². The van der Waals surface area contributed by atoms with Crippen molar-refractivity contribution < 1.29 is 19.0 Å². The first-order valence-electron chi connectivity index (χ1n) is 11.0. The Hall–Kier alpha value is -2.10. The van der Waals surface area contributed by atoms with E-state index in [1.165, 1.54) is 17.8 Å². The van der Waals surface area contributed by atoms with Gasteiger partial charge in [-0.1, -0.05) is 26.0 Å². The molecular weight excluding hydrogens is 430 g/mol. The van der Waals surface area contributed by atoms with E-state index in [9.17, 15) is 9.59 Å². The predicted octanol–water partition coefficient (Wildman–Crippen LogP) is 3.59. The summed E-state index contributed by atoms with van der Waals surface area (Å²) in [5.41, 5.74) is -0.665. The van der Waals surface area contributed by atoms with E-state index in [1.807, 2.05) is 27.7 Å². The number of carbonyl (C=O) groups excluding carboxylic acids is 1. The van der Waals surface area contributed by atoms with Gasteiger partial charge in [-0.25, -0.2) is 0 Å². The van der Waals surface area contributed by atoms with Crippen LogP contribution in [-0.2, 0) is 14.3 Å². The Morgan fingerprint density at radius 3 is 2.66 bits per heavy atom. The number of aromatic nitrogens is 1. The van der Waals surface area contributed by atoms with Gasteiger partial charge in [0.15, 0.2) is 0 Å². The third kappa shape index (κ3) is 6.46. The van der Waals surface area contributed by atoms with Crippen LogP contribution in [0, 0.1) is 0 Å². The van der Waals surface area contributed by atoms with Crippen LogP contribution in [0.25, 0.3) is 0 Å². The lowest BCUT2D eigenvalue weighted by Crippen LogP contribution is -2.46. The Bertz CT molecular complexity index is 879. The molecule has 2 rings (SSSR count). The molecule has 2 N–H and O–H groups in total. The van der Waals surface area contributed by atoms with Crippen LogP contribution in [0.5, 0.6) is 5.75 Å². The Morgan fingerprint density at radius 1 is 1.38 bits per heavy atom. The quantitative estimate of drug-likeness (QED) is 0.341. The van der Waals surface area contributed by atoms with Crippen molar-refractivity contribution >= 4 is 22.7 Å². The Morgan fingerprint density at radius 2 is 2.06 bits per heavy atom. The van der Waals surface area contributed by atoms with Gasteiger partial charge in [0.1, 0.15) is 22.9 Å². The normalized spacial score (nSPS) is 19.3. The average molecular weight is 466 g/mol. The maximum Gasteiger partial charge on any atom is 0.251 e. The van der Waals surface area contributed by atoms with E-state index in [1.54, 1.807) is 19.1 Å². The van der Waals surface area contributed by atoms with Crippen LogP contribution < -0.4 is 15.6 Å². The van der Waals surface area contributed by atoms with Crippen molar-refractivity contribution in [2.75, 3.05) is 25.6 Å². The van der Waals surface area contributed by atoms with Crippen molar-refractivity contribution in [2.45, 2.75) is 64.8 Å². The minimum atomic E-state index is -0.975.